The first-order chi connectivity index (χ1) is 10.3. The highest BCUT2D eigenvalue weighted by Gasteiger charge is 2.26. The average molecular weight is 288 g/mol. The zero-order valence-electron chi connectivity index (χ0n) is 13.0. The SMILES string of the molecule is O=C1CCCCCCCCCC[C@H]1[C@H](O)c1ccccc1. The molecule has 0 bridgehead atoms. The molecule has 0 heterocycles. The lowest BCUT2D eigenvalue weighted by Crippen LogP contribution is -2.22. The predicted molar refractivity (Wildman–Crippen MR) is 86.1 cm³/mol. The van der Waals surface area contributed by atoms with Crippen LogP contribution in [0.3, 0.4) is 0 Å². The first kappa shape index (κ1) is 16.2. The van der Waals surface area contributed by atoms with Gasteiger partial charge >= 0.3 is 0 Å². The van der Waals surface area contributed by atoms with Gasteiger partial charge in [-0.2, -0.15) is 0 Å². The van der Waals surface area contributed by atoms with E-state index < -0.39 is 6.10 Å². The third-order valence-corrected chi connectivity index (χ3v) is 4.62. The fourth-order valence-electron chi connectivity index (χ4n) is 3.29. The normalized spacial score (nSPS) is 23.9. The molecule has 2 rings (SSSR count). The van der Waals surface area contributed by atoms with Gasteiger partial charge in [0.1, 0.15) is 5.78 Å². The summed E-state index contributed by atoms with van der Waals surface area (Å²) in [6.07, 6.45) is 10.3. The summed E-state index contributed by atoms with van der Waals surface area (Å²) < 4.78 is 0. The average Bonchev–Trinajstić information content (AvgIpc) is 2.51. The number of benzene rings is 1. The predicted octanol–water partition coefficient (Wildman–Crippen LogP) is 4.82. The van der Waals surface area contributed by atoms with Gasteiger partial charge in [-0.15, -0.1) is 0 Å². The van der Waals surface area contributed by atoms with Gasteiger partial charge in [0.15, 0.2) is 0 Å². The number of rotatable bonds is 2. The Kier molecular flexibility index (Phi) is 6.94. The van der Waals surface area contributed by atoms with Crippen molar-refractivity contribution in [1.82, 2.24) is 0 Å². The highest BCUT2D eigenvalue weighted by Crippen LogP contribution is 2.29. The molecule has 0 unspecified atom stereocenters. The van der Waals surface area contributed by atoms with Crippen molar-refractivity contribution in [3.8, 4) is 0 Å². The minimum absolute atomic E-state index is 0.216. The number of carbonyl (C=O) groups is 1. The molecule has 1 aliphatic rings. The first-order valence-electron chi connectivity index (χ1n) is 8.55. The van der Waals surface area contributed by atoms with Crippen LogP contribution in [0.2, 0.25) is 0 Å². The topological polar surface area (TPSA) is 37.3 Å². The molecule has 0 saturated heterocycles. The van der Waals surface area contributed by atoms with Crippen molar-refractivity contribution in [3.05, 3.63) is 35.9 Å². The van der Waals surface area contributed by atoms with Crippen LogP contribution in [0.4, 0.5) is 0 Å². The molecule has 21 heavy (non-hydrogen) atoms. The Morgan fingerprint density at radius 1 is 0.857 bits per heavy atom. The minimum Gasteiger partial charge on any atom is -0.388 e. The third-order valence-electron chi connectivity index (χ3n) is 4.62. The van der Waals surface area contributed by atoms with Gasteiger partial charge in [0, 0.05) is 12.3 Å². The van der Waals surface area contributed by atoms with Gasteiger partial charge in [0.05, 0.1) is 6.10 Å². The van der Waals surface area contributed by atoms with E-state index in [2.05, 4.69) is 0 Å². The maximum atomic E-state index is 12.5. The quantitative estimate of drug-likeness (QED) is 0.847. The maximum Gasteiger partial charge on any atom is 0.138 e. The molecule has 1 saturated carbocycles. The summed E-state index contributed by atoms with van der Waals surface area (Å²) in [6, 6.07) is 9.65. The van der Waals surface area contributed by atoms with Crippen LogP contribution >= 0.6 is 0 Å². The second-order valence-corrected chi connectivity index (χ2v) is 6.30. The van der Waals surface area contributed by atoms with Crippen molar-refractivity contribution in [2.24, 2.45) is 5.92 Å². The van der Waals surface area contributed by atoms with E-state index in [1.54, 1.807) is 0 Å². The zero-order chi connectivity index (χ0) is 14.9. The second kappa shape index (κ2) is 8.99. The summed E-state index contributed by atoms with van der Waals surface area (Å²) in [5.74, 6) is 0.0405. The lowest BCUT2D eigenvalue weighted by atomic mass is 9.85. The van der Waals surface area contributed by atoms with E-state index in [9.17, 15) is 9.90 Å². The Bertz CT molecular complexity index is 413. The van der Waals surface area contributed by atoms with Gasteiger partial charge < -0.3 is 5.11 Å². The Labute approximate surface area is 128 Å². The molecule has 1 N–H and O–H groups in total. The summed E-state index contributed by atoms with van der Waals surface area (Å²) in [6.45, 7) is 0. The van der Waals surface area contributed by atoms with E-state index in [0.29, 0.717) is 6.42 Å². The Hall–Kier alpha value is -1.15. The van der Waals surface area contributed by atoms with Crippen molar-refractivity contribution in [2.75, 3.05) is 0 Å². The number of ketones is 1. The fraction of sp³-hybridized carbons (Fsp3) is 0.632. The van der Waals surface area contributed by atoms with Crippen LogP contribution in [0, 0.1) is 5.92 Å². The van der Waals surface area contributed by atoms with Crippen molar-refractivity contribution >= 4 is 5.78 Å². The lowest BCUT2D eigenvalue weighted by molar-refractivity contribution is -0.127. The molecule has 1 aliphatic carbocycles. The molecule has 0 aliphatic heterocycles. The molecule has 2 heteroatoms. The molecule has 1 aromatic rings. The van der Waals surface area contributed by atoms with Gasteiger partial charge in [-0.05, 0) is 18.4 Å². The molecule has 0 spiro atoms. The molecule has 1 fully saturated rings. The van der Waals surface area contributed by atoms with Gasteiger partial charge in [0.2, 0.25) is 0 Å². The summed E-state index contributed by atoms with van der Waals surface area (Å²) in [4.78, 5) is 12.5. The highest BCUT2D eigenvalue weighted by molar-refractivity contribution is 5.81. The van der Waals surface area contributed by atoms with Crippen LogP contribution in [0.1, 0.15) is 75.9 Å². The number of aliphatic hydroxyl groups excluding tert-OH is 1. The van der Waals surface area contributed by atoms with Crippen molar-refractivity contribution < 1.29 is 9.90 Å². The molecule has 2 nitrogen and oxygen atoms in total. The van der Waals surface area contributed by atoms with E-state index in [0.717, 1.165) is 31.2 Å². The van der Waals surface area contributed by atoms with Crippen LogP contribution in [-0.2, 0) is 4.79 Å². The summed E-state index contributed by atoms with van der Waals surface area (Å²) in [7, 11) is 0. The molecule has 0 amide bonds. The smallest absolute Gasteiger partial charge is 0.138 e. The minimum atomic E-state index is -0.637. The van der Waals surface area contributed by atoms with Gasteiger partial charge in [-0.1, -0.05) is 75.3 Å². The van der Waals surface area contributed by atoms with Crippen molar-refractivity contribution in [3.63, 3.8) is 0 Å². The monoisotopic (exact) mass is 288 g/mol. The van der Waals surface area contributed by atoms with Gasteiger partial charge in [-0.25, -0.2) is 0 Å². The third kappa shape index (κ3) is 5.28. The van der Waals surface area contributed by atoms with Gasteiger partial charge in [0.25, 0.3) is 0 Å². The molecule has 1 aromatic carbocycles. The zero-order valence-corrected chi connectivity index (χ0v) is 13.0. The van der Waals surface area contributed by atoms with Gasteiger partial charge in [-0.3, -0.25) is 4.79 Å². The Balaban J connectivity index is 2.02. The maximum absolute atomic E-state index is 12.5. The van der Waals surface area contributed by atoms with Crippen LogP contribution in [0.15, 0.2) is 30.3 Å². The lowest BCUT2D eigenvalue weighted by Gasteiger charge is -2.23. The Morgan fingerprint density at radius 3 is 2.10 bits per heavy atom. The van der Waals surface area contributed by atoms with Crippen molar-refractivity contribution in [2.45, 2.75) is 70.3 Å². The highest BCUT2D eigenvalue weighted by atomic mass is 16.3. The number of Topliss-reactive ketones (excluding diaryl/α,β-unsaturated/α-hetero) is 1. The fourth-order valence-corrected chi connectivity index (χ4v) is 3.29. The van der Waals surface area contributed by atoms with Crippen LogP contribution in [0.5, 0.6) is 0 Å². The second-order valence-electron chi connectivity index (χ2n) is 6.30. The number of carbonyl (C=O) groups excluding carboxylic acids is 1. The molecular formula is C19H28O2. The summed E-state index contributed by atoms with van der Waals surface area (Å²) >= 11 is 0. The number of aliphatic hydroxyl groups is 1. The van der Waals surface area contributed by atoms with E-state index in [1.165, 1.54) is 32.1 Å². The van der Waals surface area contributed by atoms with E-state index in [4.69, 9.17) is 0 Å². The summed E-state index contributed by atoms with van der Waals surface area (Å²) in [5, 5.41) is 10.6. The molecule has 0 aromatic heterocycles. The Morgan fingerprint density at radius 2 is 1.43 bits per heavy atom. The summed E-state index contributed by atoms with van der Waals surface area (Å²) in [5.41, 5.74) is 0.878. The number of hydrogen-bond acceptors (Lipinski definition) is 2. The van der Waals surface area contributed by atoms with E-state index in [-0.39, 0.29) is 11.7 Å². The molecule has 2 atom stereocenters. The van der Waals surface area contributed by atoms with Crippen LogP contribution in [0.25, 0.3) is 0 Å². The van der Waals surface area contributed by atoms with Crippen LogP contribution < -0.4 is 0 Å². The van der Waals surface area contributed by atoms with Crippen LogP contribution in [-0.4, -0.2) is 10.9 Å². The van der Waals surface area contributed by atoms with Crippen molar-refractivity contribution in [1.29, 1.82) is 0 Å². The van der Waals surface area contributed by atoms with E-state index >= 15 is 0 Å². The molecular weight excluding hydrogens is 260 g/mol. The standard InChI is InChI=1S/C19H28O2/c20-18-15-11-6-4-2-1-3-5-10-14-17(18)19(21)16-12-8-7-9-13-16/h7-9,12-13,17,19,21H,1-6,10-11,14-15H2/t17-,19-/m1/s1. The first-order valence-corrected chi connectivity index (χ1v) is 8.55. The molecule has 116 valence electrons. The molecule has 0 radical (unpaired) electrons. The number of hydrogen-bond donors (Lipinski definition) is 1. The van der Waals surface area contributed by atoms with E-state index in [1.807, 2.05) is 30.3 Å². The largest absolute Gasteiger partial charge is 0.388 e.